The normalized spacial score (nSPS) is 27.2. The molecule has 1 N–H and O–H groups in total. The Hall–Kier alpha value is -0.630. The Morgan fingerprint density at radius 1 is 1.78 bits per heavy atom. The molecule has 1 unspecified atom stereocenters. The van der Waals surface area contributed by atoms with Crippen LogP contribution in [-0.2, 0) is 0 Å². The minimum absolute atomic E-state index is 0.430. The summed E-state index contributed by atoms with van der Waals surface area (Å²) in [7, 11) is 0. The van der Waals surface area contributed by atoms with Crippen molar-refractivity contribution in [2.75, 3.05) is 0 Å². The molecule has 0 heterocycles. The van der Waals surface area contributed by atoms with Crippen LogP contribution < -0.4 is 0 Å². The molecule has 1 atom stereocenters. The van der Waals surface area contributed by atoms with E-state index in [-0.39, 0.29) is 0 Å². The van der Waals surface area contributed by atoms with E-state index in [0.717, 1.165) is 5.57 Å². The number of aliphatic hydroxyl groups is 1. The molecule has 2 heteroatoms. The van der Waals surface area contributed by atoms with Crippen LogP contribution in [0, 0.1) is 0 Å². The van der Waals surface area contributed by atoms with Crippen molar-refractivity contribution < 1.29 is 9.50 Å². The summed E-state index contributed by atoms with van der Waals surface area (Å²) >= 11 is 0. The molecule has 9 heavy (non-hydrogen) atoms. The van der Waals surface area contributed by atoms with Crippen LogP contribution in [-0.4, -0.2) is 11.2 Å². The van der Waals surface area contributed by atoms with Crippen molar-refractivity contribution in [1.29, 1.82) is 0 Å². The van der Waals surface area contributed by atoms with Gasteiger partial charge in [0, 0.05) is 0 Å². The van der Waals surface area contributed by atoms with Crippen LogP contribution in [0.5, 0.6) is 0 Å². The highest BCUT2D eigenvalue weighted by molar-refractivity contribution is 5.21. The molecular weight excluding hydrogens is 119 g/mol. The van der Waals surface area contributed by atoms with Gasteiger partial charge < -0.3 is 5.11 Å². The molecule has 0 saturated heterocycles. The molecule has 0 saturated carbocycles. The Kier molecular flexibility index (Phi) is 1.67. The van der Waals surface area contributed by atoms with E-state index in [1.54, 1.807) is 0 Å². The predicted octanol–water partition coefficient (Wildman–Crippen LogP) is 1.55. The summed E-state index contributed by atoms with van der Waals surface area (Å²) in [5.74, 6) is -0.430. The molecule has 50 valence electrons. The average molecular weight is 128 g/mol. The average Bonchev–Trinajstić information content (AvgIpc) is 1.80. The molecule has 0 aromatic heterocycles. The van der Waals surface area contributed by atoms with Crippen LogP contribution in [0.15, 0.2) is 23.6 Å². The quantitative estimate of drug-likeness (QED) is 0.491. The third-order valence-electron chi connectivity index (χ3n) is 1.34. The molecule has 0 fully saturated rings. The van der Waals surface area contributed by atoms with Crippen molar-refractivity contribution >= 4 is 0 Å². The van der Waals surface area contributed by atoms with Gasteiger partial charge in [0.05, 0.1) is 0 Å². The fourth-order valence-corrected chi connectivity index (χ4v) is 0.796. The minimum atomic E-state index is -0.987. The Balaban J connectivity index is 2.70. The van der Waals surface area contributed by atoms with E-state index < -0.39 is 11.9 Å². The van der Waals surface area contributed by atoms with Gasteiger partial charge in [-0.05, 0) is 19.4 Å². The van der Waals surface area contributed by atoms with E-state index in [1.807, 2.05) is 6.92 Å². The van der Waals surface area contributed by atoms with Gasteiger partial charge in [-0.15, -0.1) is 0 Å². The number of aliphatic hydroxyl groups excluding tert-OH is 1. The van der Waals surface area contributed by atoms with Gasteiger partial charge in [-0.2, -0.15) is 0 Å². The van der Waals surface area contributed by atoms with Gasteiger partial charge >= 0.3 is 0 Å². The smallest absolute Gasteiger partial charge is 0.129 e. The van der Waals surface area contributed by atoms with E-state index >= 15 is 0 Å². The lowest BCUT2D eigenvalue weighted by atomic mass is 10.1. The number of allylic oxidation sites excluding steroid dienone is 2. The molecule has 1 rings (SSSR count). The summed E-state index contributed by atoms with van der Waals surface area (Å²) < 4.78 is 12.3. The second kappa shape index (κ2) is 2.31. The first-order valence-electron chi connectivity index (χ1n) is 2.91. The van der Waals surface area contributed by atoms with Gasteiger partial charge in [-0.3, -0.25) is 0 Å². The van der Waals surface area contributed by atoms with Crippen molar-refractivity contribution in [3.05, 3.63) is 23.6 Å². The molecule has 0 aromatic carbocycles. The van der Waals surface area contributed by atoms with Crippen molar-refractivity contribution in [2.45, 2.75) is 19.4 Å². The van der Waals surface area contributed by atoms with Crippen LogP contribution in [0.25, 0.3) is 0 Å². The summed E-state index contributed by atoms with van der Waals surface area (Å²) in [6, 6.07) is 0. The van der Waals surface area contributed by atoms with Gasteiger partial charge in [0.2, 0.25) is 0 Å². The lowest BCUT2D eigenvalue weighted by molar-refractivity contribution is 0.224. The summed E-state index contributed by atoms with van der Waals surface area (Å²) in [6.45, 7) is 1.87. The number of hydrogen-bond acceptors (Lipinski definition) is 1. The fraction of sp³-hybridized carbons (Fsp3) is 0.429. The van der Waals surface area contributed by atoms with Gasteiger partial charge in [0.1, 0.15) is 11.9 Å². The Morgan fingerprint density at radius 3 is 2.89 bits per heavy atom. The maximum atomic E-state index is 12.3. The molecule has 1 aliphatic rings. The van der Waals surface area contributed by atoms with E-state index in [0.29, 0.717) is 6.42 Å². The van der Waals surface area contributed by atoms with Crippen molar-refractivity contribution in [3.8, 4) is 0 Å². The monoisotopic (exact) mass is 128 g/mol. The standard InChI is InChI=1S/C7H9FO/c1-5-2-3-6(8)7(9)4-5/h3-4,7,9H,2H2,1H3. The van der Waals surface area contributed by atoms with Gasteiger partial charge in [0.25, 0.3) is 0 Å². The van der Waals surface area contributed by atoms with Gasteiger partial charge in [-0.1, -0.05) is 11.6 Å². The molecule has 0 spiro atoms. The highest BCUT2D eigenvalue weighted by Crippen LogP contribution is 2.17. The zero-order chi connectivity index (χ0) is 6.85. The Bertz CT molecular complexity index is 170. The first-order valence-corrected chi connectivity index (χ1v) is 2.91. The van der Waals surface area contributed by atoms with Crippen LogP contribution >= 0.6 is 0 Å². The molecule has 0 radical (unpaired) electrons. The maximum Gasteiger partial charge on any atom is 0.129 e. The summed E-state index contributed by atoms with van der Waals surface area (Å²) in [5, 5.41) is 8.83. The van der Waals surface area contributed by atoms with Gasteiger partial charge in [0.15, 0.2) is 0 Å². The lowest BCUT2D eigenvalue weighted by Crippen LogP contribution is -2.07. The number of hydrogen-bond donors (Lipinski definition) is 1. The molecule has 0 aliphatic heterocycles. The minimum Gasteiger partial charge on any atom is -0.382 e. The molecule has 1 aliphatic carbocycles. The maximum absolute atomic E-state index is 12.3. The van der Waals surface area contributed by atoms with Crippen molar-refractivity contribution in [2.24, 2.45) is 0 Å². The highest BCUT2D eigenvalue weighted by atomic mass is 19.1. The Labute approximate surface area is 53.5 Å². The second-order valence-electron chi connectivity index (χ2n) is 2.25. The molecule has 0 amide bonds. The van der Waals surface area contributed by atoms with Gasteiger partial charge in [-0.25, -0.2) is 4.39 Å². The SMILES string of the molecule is CC1=CC(O)C(F)=CC1. The van der Waals surface area contributed by atoms with E-state index in [1.165, 1.54) is 12.2 Å². The van der Waals surface area contributed by atoms with Crippen LogP contribution in [0.2, 0.25) is 0 Å². The first kappa shape index (κ1) is 6.49. The zero-order valence-electron chi connectivity index (χ0n) is 5.26. The topological polar surface area (TPSA) is 20.2 Å². The Morgan fingerprint density at radius 2 is 2.44 bits per heavy atom. The molecule has 0 bridgehead atoms. The second-order valence-corrected chi connectivity index (χ2v) is 2.25. The molecule has 1 nitrogen and oxygen atoms in total. The van der Waals surface area contributed by atoms with E-state index in [2.05, 4.69) is 0 Å². The van der Waals surface area contributed by atoms with Crippen molar-refractivity contribution in [3.63, 3.8) is 0 Å². The predicted molar refractivity (Wildman–Crippen MR) is 33.6 cm³/mol. The third-order valence-corrected chi connectivity index (χ3v) is 1.34. The van der Waals surface area contributed by atoms with E-state index in [9.17, 15) is 4.39 Å². The number of halogens is 1. The first-order chi connectivity index (χ1) is 4.20. The summed E-state index contributed by atoms with van der Waals surface area (Å²) in [5.41, 5.74) is 1.02. The van der Waals surface area contributed by atoms with Crippen molar-refractivity contribution in [1.82, 2.24) is 0 Å². The van der Waals surface area contributed by atoms with Crippen LogP contribution in [0.3, 0.4) is 0 Å². The van der Waals surface area contributed by atoms with Crippen LogP contribution in [0.1, 0.15) is 13.3 Å². The van der Waals surface area contributed by atoms with E-state index in [4.69, 9.17) is 5.11 Å². The molecule has 0 aromatic rings. The summed E-state index contributed by atoms with van der Waals surface area (Å²) in [4.78, 5) is 0. The third kappa shape index (κ3) is 1.39. The van der Waals surface area contributed by atoms with Crippen LogP contribution in [0.4, 0.5) is 4.39 Å². The highest BCUT2D eigenvalue weighted by Gasteiger charge is 2.10. The fourth-order valence-electron chi connectivity index (χ4n) is 0.796. The molecular formula is C7H9FO. The zero-order valence-corrected chi connectivity index (χ0v) is 5.26. The lowest BCUT2D eigenvalue weighted by Gasteiger charge is -2.09. The number of rotatable bonds is 0. The largest absolute Gasteiger partial charge is 0.382 e. The summed E-state index contributed by atoms with van der Waals surface area (Å²) in [6.07, 6.45) is 2.57.